The minimum absolute atomic E-state index is 0.146. The number of fused-ring (bicyclic) bond motifs is 1. The first-order valence-electron chi connectivity index (χ1n) is 8.05. The summed E-state index contributed by atoms with van der Waals surface area (Å²) >= 11 is 6.19. The van der Waals surface area contributed by atoms with Crippen molar-refractivity contribution in [2.75, 3.05) is 13.1 Å². The van der Waals surface area contributed by atoms with Crippen molar-refractivity contribution in [3.63, 3.8) is 0 Å². The molecule has 25 heavy (non-hydrogen) atoms. The van der Waals surface area contributed by atoms with Crippen molar-refractivity contribution in [3.05, 3.63) is 29.4 Å². The Kier molecular flexibility index (Phi) is 4.97. The Bertz CT molecular complexity index is 837. The average Bonchev–Trinajstić information content (AvgIpc) is 3.02. The Balaban J connectivity index is 1.76. The fourth-order valence-corrected chi connectivity index (χ4v) is 4.36. The molecule has 0 radical (unpaired) electrons. The third-order valence-corrected chi connectivity index (χ3v) is 5.82. The molecule has 8 heteroatoms. The van der Waals surface area contributed by atoms with Crippen LogP contribution in [0.3, 0.4) is 0 Å². The van der Waals surface area contributed by atoms with Crippen molar-refractivity contribution in [2.45, 2.75) is 43.1 Å². The number of hydrogen-bond donors (Lipinski definition) is 0. The van der Waals surface area contributed by atoms with Gasteiger partial charge in [-0.2, -0.15) is 0 Å². The Labute approximate surface area is 154 Å². The second-order valence-electron chi connectivity index (χ2n) is 6.94. The number of likely N-dealkylation sites (tertiary alicyclic amines) is 1. The molecular formula is C17H20ClN3O3S. The molecule has 2 heterocycles. The maximum absolute atomic E-state index is 12.9. The zero-order valence-corrected chi connectivity index (χ0v) is 15.9. The molecular weight excluding hydrogens is 362 g/mol. The summed E-state index contributed by atoms with van der Waals surface area (Å²) in [7, 11) is -1.44. The third kappa shape index (κ3) is 4.10. The highest BCUT2D eigenvalue weighted by atomic mass is 35.5. The van der Waals surface area contributed by atoms with Gasteiger partial charge in [0, 0.05) is 13.1 Å². The fraction of sp³-hybridized carbons (Fsp3) is 0.471. The molecule has 0 bridgehead atoms. The van der Waals surface area contributed by atoms with Crippen LogP contribution in [-0.2, 0) is 15.5 Å². The first-order chi connectivity index (χ1) is 11.7. The largest absolute Gasteiger partial charge is 0.444 e. The predicted octanol–water partition coefficient (Wildman–Crippen LogP) is 3.40. The summed E-state index contributed by atoms with van der Waals surface area (Å²) in [5.41, 5.74) is 0.758. The second kappa shape index (κ2) is 6.88. The van der Waals surface area contributed by atoms with Crippen molar-refractivity contribution in [2.24, 2.45) is 0 Å². The van der Waals surface area contributed by atoms with Gasteiger partial charge in [-0.3, -0.25) is 4.21 Å². The van der Waals surface area contributed by atoms with Crippen LogP contribution >= 0.6 is 11.6 Å². The van der Waals surface area contributed by atoms with Crippen LogP contribution in [-0.4, -0.2) is 49.1 Å². The highest BCUT2D eigenvalue weighted by molar-refractivity contribution is 7.85. The Hall–Kier alpha value is -1.73. The van der Waals surface area contributed by atoms with Crippen LogP contribution in [0.15, 0.2) is 29.3 Å². The quantitative estimate of drug-likeness (QED) is 0.797. The molecule has 1 aliphatic heterocycles. The number of carbonyl (C=O) groups excluding carboxylic acids is 1. The Morgan fingerprint density at radius 1 is 1.28 bits per heavy atom. The van der Waals surface area contributed by atoms with Crippen LogP contribution in [0.25, 0.3) is 11.0 Å². The summed E-state index contributed by atoms with van der Waals surface area (Å²) in [5.74, 6) is 0. The molecule has 0 saturated carbocycles. The predicted molar refractivity (Wildman–Crippen MR) is 97.2 cm³/mol. The molecule has 1 aliphatic rings. The van der Waals surface area contributed by atoms with Gasteiger partial charge in [-0.15, -0.1) is 0 Å². The van der Waals surface area contributed by atoms with E-state index in [9.17, 15) is 9.00 Å². The zero-order chi connectivity index (χ0) is 18.2. The molecule has 0 unspecified atom stereocenters. The highest BCUT2D eigenvalue weighted by Gasteiger charge is 2.34. The first kappa shape index (κ1) is 18.1. The lowest BCUT2D eigenvalue weighted by molar-refractivity contribution is 0.0295. The lowest BCUT2D eigenvalue weighted by atomic mass is 10.2. The molecule has 1 saturated heterocycles. The topological polar surface area (TPSA) is 72.4 Å². The van der Waals surface area contributed by atoms with E-state index in [2.05, 4.69) is 9.97 Å². The van der Waals surface area contributed by atoms with E-state index in [4.69, 9.17) is 16.3 Å². The van der Waals surface area contributed by atoms with Gasteiger partial charge in [0.05, 0.1) is 27.1 Å². The maximum Gasteiger partial charge on any atom is 0.410 e. The molecule has 1 aromatic carbocycles. The van der Waals surface area contributed by atoms with Gasteiger partial charge in [-0.1, -0.05) is 23.7 Å². The number of amides is 1. The molecule has 1 fully saturated rings. The average molecular weight is 382 g/mol. The van der Waals surface area contributed by atoms with Gasteiger partial charge in [0.15, 0.2) is 10.2 Å². The van der Waals surface area contributed by atoms with Crippen molar-refractivity contribution in [1.82, 2.24) is 14.9 Å². The van der Waals surface area contributed by atoms with Crippen molar-refractivity contribution in [1.29, 1.82) is 0 Å². The lowest BCUT2D eigenvalue weighted by Gasteiger charge is -2.24. The minimum Gasteiger partial charge on any atom is -0.444 e. The van der Waals surface area contributed by atoms with Gasteiger partial charge in [-0.05, 0) is 39.3 Å². The van der Waals surface area contributed by atoms with Gasteiger partial charge in [-0.25, -0.2) is 14.8 Å². The SMILES string of the molecule is CC(C)(C)OC(=O)N1CC[C@@H]([S@@](=O)c2nc3ccccc3nc2Cl)C1. The van der Waals surface area contributed by atoms with Gasteiger partial charge in [0.25, 0.3) is 0 Å². The molecule has 134 valence electrons. The van der Waals surface area contributed by atoms with Gasteiger partial charge < -0.3 is 9.64 Å². The zero-order valence-electron chi connectivity index (χ0n) is 14.4. The van der Waals surface area contributed by atoms with Gasteiger partial charge in [0.1, 0.15) is 5.60 Å². The van der Waals surface area contributed by atoms with Crippen LogP contribution in [0.2, 0.25) is 5.15 Å². The molecule has 0 N–H and O–H groups in total. The summed E-state index contributed by atoms with van der Waals surface area (Å²) < 4.78 is 18.3. The summed E-state index contributed by atoms with van der Waals surface area (Å²) in [4.78, 5) is 22.4. The summed E-state index contributed by atoms with van der Waals surface area (Å²) in [6.07, 6.45) is 0.221. The summed E-state index contributed by atoms with van der Waals surface area (Å²) in [6, 6.07) is 7.30. The van der Waals surface area contributed by atoms with Crippen LogP contribution in [0.5, 0.6) is 0 Å². The van der Waals surface area contributed by atoms with E-state index in [1.54, 1.807) is 17.0 Å². The molecule has 6 nitrogen and oxygen atoms in total. The number of rotatable bonds is 2. The normalized spacial score (nSPS) is 19.2. The van der Waals surface area contributed by atoms with Crippen LogP contribution < -0.4 is 0 Å². The fourth-order valence-electron chi connectivity index (χ4n) is 2.64. The molecule has 1 amide bonds. The van der Waals surface area contributed by atoms with Crippen LogP contribution in [0.4, 0.5) is 4.79 Å². The molecule has 2 aromatic rings. The maximum atomic E-state index is 12.9. The highest BCUT2D eigenvalue weighted by Crippen LogP contribution is 2.26. The first-order valence-corrected chi connectivity index (χ1v) is 9.64. The third-order valence-electron chi connectivity index (χ3n) is 3.79. The van der Waals surface area contributed by atoms with E-state index in [-0.39, 0.29) is 21.5 Å². The number of ether oxygens (including phenoxy) is 1. The number of nitrogens with zero attached hydrogens (tertiary/aromatic N) is 3. The summed E-state index contributed by atoms with van der Waals surface area (Å²) in [6.45, 7) is 6.32. The standard InChI is InChI=1S/C17H20ClN3O3S/c1-17(2,3)24-16(22)21-9-8-11(10-21)25(23)15-14(18)19-12-6-4-5-7-13(12)20-15/h4-7,11H,8-10H2,1-3H3/t11-,25-/m1/s1. The number of carbonyl (C=O) groups is 1. The van der Waals surface area contributed by atoms with Crippen molar-refractivity contribution < 1.29 is 13.7 Å². The number of benzene rings is 1. The molecule has 2 atom stereocenters. The van der Waals surface area contributed by atoms with Crippen molar-refractivity contribution in [3.8, 4) is 0 Å². The van der Waals surface area contributed by atoms with E-state index in [0.717, 1.165) is 0 Å². The lowest BCUT2D eigenvalue weighted by Crippen LogP contribution is -2.36. The Morgan fingerprint density at radius 3 is 2.56 bits per heavy atom. The van der Waals surface area contributed by atoms with Gasteiger partial charge >= 0.3 is 6.09 Å². The van der Waals surface area contributed by atoms with Crippen LogP contribution in [0, 0.1) is 0 Å². The van der Waals surface area contributed by atoms with E-state index in [1.165, 1.54) is 0 Å². The smallest absolute Gasteiger partial charge is 0.410 e. The minimum atomic E-state index is -1.44. The monoisotopic (exact) mass is 381 g/mol. The molecule has 1 aromatic heterocycles. The summed E-state index contributed by atoms with van der Waals surface area (Å²) in [5, 5.41) is 0.185. The number of para-hydroxylation sites is 2. The molecule has 0 aliphatic carbocycles. The number of aromatic nitrogens is 2. The van der Waals surface area contributed by atoms with Crippen LogP contribution in [0.1, 0.15) is 27.2 Å². The molecule has 3 rings (SSSR count). The van der Waals surface area contributed by atoms with E-state index in [0.29, 0.717) is 30.5 Å². The van der Waals surface area contributed by atoms with Gasteiger partial charge in [0.2, 0.25) is 0 Å². The second-order valence-corrected chi connectivity index (χ2v) is 8.95. The molecule has 0 spiro atoms. The number of halogens is 1. The van der Waals surface area contributed by atoms with E-state index >= 15 is 0 Å². The van der Waals surface area contributed by atoms with E-state index < -0.39 is 16.4 Å². The van der Waals surface area contributed by atoms with E-state index in [1.807, 2.05) is 32.9 Å². The number of hydrogen-bond acceptors (Lipinski definition) is 5. The Morgan fingerprint density at radius 2 is 1.92 bits per heavy atom. The van der Waals surface area contributed by atoms with Crippen molar-refractivity contribution >= 4 is 39.5 Å².